The molecule has 1 atom stereocenters. The van der Waals surface area contributed by atoms with Crippen LogP contribution in [0.3, 0.4) is 0 Å². The van der Waals surface area contributed by atoms with Crippen LogP contribution in [0.2, 0.25) is 0 Å². The lowest BCUT2D eigenvalue weighted by molar-refractivity contribution is 0.0949. The molecule has 1 heterocycles. The summed E-state index contributed by atoms with van der Waals surface area (Å²) in [7, 11) is 0. The molecule has 1 saturated heterocycles. The van der Waals surface area contributed by atoms with Crippen molar-refractivity contribution in [2.45, 2.75) is 26.2 Å². The molecule has 1 unspecified atom stereocenters. The van der Waals surface area contributed by atoms with Crippen molar-refractivity contribution >= 4 is 17.5 Å². The maximum atomic E-state index is 13.8. The summed E-state index contributed by atoms with van der Waals surface area (Å²) < 4.78 is 13.8. The minimum absolute atomic E-state index is 0.0298. The van der Waals surface area contributed by atoms with E-state index in [4.69, 9.17) is 0 Å². The summed E-state index contributed by atoms with van der Waals surface area (Å²) in [5.74, 6) is -0.694. The van der Waals surface area contributed by atoms with Crippen LogP contribution >= 0.6 is 0 Å². The molecule has 5 nitrogen and oxygen atoms in total. The van der Waals surface area contributed by atoms with Crippen LogP contribution in [0.1, 0.15) is 45.5 Å². The Bertz CT molecular complexity index is 847. The predicted molar refractivity (Wildman–Crippen MR) is 108 cm³/mol. The van der Waals surface area contributed by atoms with Crippen LogP contribution in [0.15, 0.2) is 42.5 Å². The van der Waals surface area contributed by atoms with Crippen LogP contribution in [0.5, 0.6) is 0 Å². The molecule has 1 aliphatic heterocycles. The molecule has 148 valence electrons. The van der Waals surface area contributed by atoms with Gasteiger partial charge in [0, 0.05) is 17.8 Å². The third-order valence-corrected chi connectivity index (χ3v) is 5.10. The van der Waals surface area contributed by atoms with E-state index in [-0.39, 0.29) is 11.5 Å². The maximum Gasteiger partial charge on any atom is 0.258 e. The van der Waals surface area contributed by atoms with Gasteiger partial charge in [-0.3, -0.25) is 9.59 Å². The second-order valence-electron chi connectivity index (χ2n) is 7.22. The molecule has 0 saturated carbocycles. The SMILES string of the molecule is Cc1ccc(C(=O)NCCC2CCCNC2)cc1NC(=O)c1ccccc1F. The molecule has 3 rings (SSSR count). The van der Waals surface area contributed by atoms with E-state index in [0.717, 1.165) is 25.1 Å². The molecule has 0 spiro atoms. The van der Waals surface area contributed by atoms with E-state index < -0.39 is 11.7 Å². The van der Waals surface area contributed by atoms with Crippen molar-refractivity contribution in [2.24, 2.45) is 5.92 Å². The normalized spacial score (nSPS) is 16.4. The van der Waals surface area contributed by atoms with Crippen molar-refractivity contribution in [3.8, 4) is 0 Å². The van der Waals surface area contributed by atoms with Gasteiger partial charge in [0.2, 0.25) is 0 Å². The fourth-order valence-corrected chi connectivity index (χ4v) is 3.40. The minimum atomic E-state index is -0.580. The number of rotatable bonds is 6. The molecule has 2 amide bonds. The third kappa shape index (κ3) is 5.16. The molecule has 6 heteroatoms. The topological polar surface area (TPSA) is 70.2 Å². The summed E-state index contributed by atoms with van der Waals surface area (Å²) in [6.45, 7) is 4.53. The molecule has 3 N–H and O–H groups in total. The predicted octanol–water partition coefficient (Wildman–Crippen LogP) is 3.51. The second-order valence-corrected chi connectivity index (χ2v) is 7.22. The number of aryl methyl sites for hydroxylation is 1. The van der Waals surface area contributed by atoms with E-state index in [1.165, 1.54) is 31.0 Å². The summed E-state index contributed by atoms with van der Waals surface area (Å²) in [4.78, 5) is 24.8. The Balaban J connectivity index is 1.61. The van der Waals surface area contributed by atoms with Gasteiger partial charge in [0.1, 0.15) is 5.82 Å². The zero-order valence-electron chi connectivity index (χ0n) is 16.1. The molecule has 2 aromatic carbocycles. The Hall–Kier alpha value is -2.73. The maximum absolute atomic E-state index is 13.8. The van der Waals surface area contributed by atoms with E-state index in [0.29, 0.717) is 23.7 Å². The highest BCUT2D eigenvalue weighted by Crippen LogP contribution is 2.19. The zero-order chi connectivity index (χ0) is 19.9. The first-order chi connectivity index (χ1) is 13.5. The van der Waals surface area contributed by atoms with Crippen molar-refractivity contribution < 1.29 is 14.0 Å². The van der Waals surface area contributed by atoms with Crippen molar-refractivity contribution in [1.29, 1.82) is 0 Å². The van der Waals surface area contributed by atoms with E-state index >= 15 is 0 Å². The molecular weight excluding hydrogens is 357 g/mol. The van der Waals surface area contributed by atoms with Crippen molar-refractivity contribution in [2.75, 3.05) is 25.0 Å². The number of piperidine rings is 1. The Morgan fingerprint density at radius 2 is 2.00 bits per heavy atom. The molecule has 0 radical (unpaired) electrons. The van der Waals surface area contributed by atoms with E-state index in [1.807, 2.05) is 6.92 Å². The molecule has 1 aliphatic rings. The van der Waals surface area contributed by atoms with Crippen LogP contribution < -0.4 is 16.0 Å². The van der Waals surface area contributed by atoms with Gasteiger partial charge in [0.25, 0.3) is 11.8 Å². The second kappa shape index (κ2) is 9.46. The first-order valence-electron chi connectivity index (χ1n) is 9.70. The van der Waals surface area contributed by atoms with Gasteiger partial charge >= 0.3 is 0 Å². The summed E-state index contributed by atoms with van der Waals surface area (Å²) in [5.41, 5.74) is 1.74. The number of carbonyl (C=O) groups is 2. The number of benzene rings is 2. The molecular formula is C22H26FN3O2. The largest absolute Gasteiger partial charge is 0.352 e. The van der Waals surface area contributed by atoms with Crippen LogP contribution in [-0.2, 0) is 0 Å². The summed E-state index contributed by atoms with van der Waals surface area (Å²) in [6.07, 6.45) is 3.32. The first-order valence-corrected chi connectivity index (χ1v) is 9.70. The highest BCUT2D eigenvalue weighted by molar-refractivity contribution is 6.05. The van der Waals surface area contributed by atoms with Gasteiger partial charge < -0.3 is 16.0 Å². The fourth-order valence-electron chi connectivity index (χ4n) is 3.40. The number of nitrogens with one attached hydrogen (secondary N) is 3. The Morgan fingerprint density at radius 3 is 2.75 bits per heavy atom. The molecule has 2 aromatic rings. The number of amides is 2. The highest BCUT2D eigenvalue weighted by atomic mass is 19.1. The number of carbonyl (C=O) groups excluding carboxylic acids is 2. The van der Waals surface area contributed by atoms with Gasteiger partial charge in [0.05, 0.1) is 5.56 Å². The minimum Gasteiger partial charge on any atom is -0.352 e. The number of hydrogen-bond donors (Lipinski definition) is 3. The highest BCUT2D eigenvalue weighted by Gasteiger charge is 2.15. The molecule has 1 fully saturated rings. The lowest BCUT2D eigenvalue weighted by Gasteiger charge is -2.22. The van der Waals surface area contributed by atoms with Gasteiger partial charge in [-0.05, 0) is 75.0 Å². The fraction of sp³-hybridized carbons (Fsp3) is 0.364. The van der Waals surface area contributed by atoms with E-state index in [9.17, 15) is 14.0 Å². The molecule has 0 bridgehead atoms. The third-order valence-electron chi connectivity index (χ3n) is 5.10. The Kier molecular flexibility index (Phi) is 6.76. The summed E-state index contributed by atoms with van der Waals surface area (Å²) >= 11 is 0. The number of anilines is 1. The lowest BCUT2D eigenvalue weighted by Crippen LogP contribution is -2.33. The summed E-state index contributed by atoms with van der Waals surface area (Å²) in [5, 5.41) is 9.03. The molecule has 28 heavy (non-hydrogen) atoms. The van der Waals surface area contributed by atoms with Crippen LogP contribution in [0.4, 0.5) is 10.1 Å². The zero-order valence-corrected chi connectivity index (χ0v) is 16.1. The van der Waals surface area contributed by atoms with Crippen molar-refractivity contribution in [1.82, 2.24) is 10.6 Å². The Morgan fingerprint density at radius 1 is 1.18 bits per heavy atom. The van der Waals surface area contributed by atoms with Gasteiger partial charge in [-0.25, -0.2) is 4.39 Å². The lowest BCUT2D eigenvalue weighted by atomic mass is 9.96. The first kappa shape index (κ1) is 20.0. The van der Waals surface area contributed by atoms with Crippen LogP contribution in [-0.4, -0.2) is 31.4 Å². The van der Waals surface area contributed by atoms with Crippen LogP contribution in [0.25, 0.3) is 0 Å². The van der Waals surface area contributed by atoms with Gasteiger partial charge in [-0.15, -0.1) is 0 Å². The van der Waals surface area contributed by atoms with Crippen LogP contribution in [0, 0.1) is 18.7 Å². The van der Waals surface area contributed by atoms with Crippen molar-refractivity contribution in [3.63, 3.8) is 0 Å². The van der Waals surface area contributed by atoms with Crippen molar-refractivity contribution in [3.05, 3.63) is 65.0 Å². The summed E-state index contributed by atoms with van der Waals surface area (Å²) in [6, 6.07) is 10.9. The van der Waals surface area contributed by atoms with E-state index in [2.05, 4.69) is 16.0 Å². The quantitative estimate of drug-likeness (QED) is 0.715. The number of hydrogen-bond acceptors (Lipinski definition) is 3. The van der Waals surface area contributed by atoms with Gasteiger partial charge in [-0.1, -0.05) is 18.2 Å². The number of halogens is 1. The standard InChI is InChI=1S/C22H26FN3O2/c1-15-8-9-17(21(27)25-12-10-16-5-4-11-24-14-16)13-20(15)26-22(28)18-6-2-3-7-19(18)23/h2-3,6-9,13,16,24H,4-5,10-12,14H2,1H3,(H,25,27)(H,26,28). The van der Waals surface area contributed by atoms with Gasteiger partial charge in [-0.2, -0.15) is 0 Å². The van der Waals surface area contributed by atoms with E-state index in [1.54, 1.807) is 24.3 Å². The average molecular weight is 383 g/mol. The monoisotopic (exact) mass is 383 g/mol. The molecule has 0 aliphatic carbocycles. The smallest absolute Gasteiger partial charge is 0.258 e. The van der Waals surface area contributed by atoms with Gasteiger partial charge in [0.15, 0.2) is 0 Å². The average Bonchev–Trinajstić information content (AvgIpc) is 2.70. The molecule has 0 aromatic heterocycles. The Labute approximate surface area is 164 Å².